The van der Waals surface area contributed by atoms with Crippen LogP contribution in [0.15, 0.2) is 12.3 Å². The van der Waals surface area contributed by atoms with Crippen molar-refractivity contribution in [1.29, 1.82) is 0 Å². The van der Waals surface area contributed by atoms with Gasteiger partial charge < -0.3 is 21.1 Å². The van der Waals surface area contributed by atoms with Crippen molar-refractivity contribution in [2.24, 2.45) is 40.2 Å². The van der Waals surface area contributed by atoms with Crippen LogP contribution < -0.4 is 16.4 Å². The third-order valence-corrected chi connectivity index (χ3v) is 9.58. The molecule has 1 spiro atoms. The molecule has 3 bridgehead atoms. The molecule has 4 aliphatic carbocycles. The molecule has 3 amide bonds. The van der Waals surface area contributed by atoms with Crippen LogP contribution in [0.4, 0.5) is 4.79 Å². The van der Waals surface area contributed by atoms with Gasteiger partial charge in [-0.05, 0) is 87.5 Å². The van der Waals surface area contributed by atoms with Gasteiger partial charge in [0.25, 0.3) is 5.91 Å². The second-order valence-electron chi connectivity index (χ2n) is 13.1. The quantitative estimate of drug-likeness (QED) is 0.468. The predicted molar refractivity (Wildman–Crippen MR) is 139 cm³/mol. The van der Waals surface area contributed by atoms with Crippen LogP contribution >= 0.6 is 0 Å². The lowest BCUT2D eigenvalue weighted by Crippen LogP contribution is -2.59. The molecule has 37 heavy (non-hydrogen) atoms. The third kappa shape index (κ3) is 4.34. The summed E-state index contributed by atoms with van der Waals surface area (Å²) in [5, 5.41) is 10.9. The van der Waals surface area contributed by atoms with E-state index in [0.29, 0.717) is 42.3 Å². The van der Waals surface area contributed by atoms with E-state index in [2.05, 4.69) is 29.6 Å². The van der Waals surface area contributed by atoms with Crippen molar-refractivity contribution < 1.29 is 19.1 Å². The first-order valence-electron chi connectivity index (χ1n) is 13.6. The molecular weight excluding hydrogens is 470 g/mol. The molecule has 0 aliphatic heterocycles. The number of hydrogen-bond donors (Lipinski definition) is 3. The van der Waals surface area contributed by atoms with Gasteiger partial charge in [-0.15, -0.1) is 0 Å². The molecule has 4 fully saturated rings. The Hall–Kier alpha value is -2.84. The van der Waals surface area contributed by atoms with Gasteiger partial charge in [-0.1, -0.05) is 13.8 Å². The van der Waals surface area contributed by atoms with Crippen molar-refractivity contribution in [1.82, 2.24) is 20.4 Å². The summed E-state index contributed by atoms with van der Waals surface area (Å²) in [5.41, 5.74) is 6.45. The second-order valence-corrected chi connectivity index (χ2v) is 13.1. The minimum atomic E-state index is -0.695. The fraction of sp³-hybridized carbons (Fsp3) is 0.714. The van der Waals surface area contributed by atoms with Crippen LogP contribution in [0.3, 0.4) is 0 Å². The fourth-order valence-corrected chi connectivity index (χ4v) is 8.51. The number of rotatable bonds is 9. The number of amides is 3. The summed E-state index contributed by atoms with van der Waals surface area (Å²) in [6, 6.07) is 0.143. The van der Waals surface area contributed by atoms with Gasteiger partial charge in [-0.3, -0.25) is 9.59 Å². The Labute approximate surface area is 218 Å². The standard InChI is InChI=1S/C28H41N5O4/c1-16(2)8-22-20(14-30-33(22)7-6-26(4,5)32-17(3)34)24(35)31-23-19-9-18-10-27(15-37-25(29)36)13-21(23)28(27,11-18)12-19/h6-7,14,16,18-19,21,23H,8-13,15H2,1-5H3,(H2,29,36)(H,31,35)(H,32,34)/b7-6+/t18?,19?,21?,23?,27-,28?/m1/s1. The van der Waals surface area contributed by atoms with E-state index in [4.69, 9.17) is 10.5 Å². The number of aromatic nitrogens is 2. The van der Waals surface area contributed by atoms with E-state index >= 15 is 0 Å². The Morgan fingerprint density at radius 1 is 1.27 bits per heavy atom. The maximum absolute atomic E-state index is 13.7. The molecule has 0 radical (unpaired) electrons. The number of carbonyl (C=O) groups excluding carboxylic acids is 3. The Morgan fingerprint density at radius 2 is 2.03 bits per heavy atom. The van der Waals surface area contributed by atoms with E-state index in [-0.39, 0.29) is 28.7 Å². The van der Waals surface area contributed by atoms with E-state index < -0.39 is 11.6 Å². The highest BCUT2D eigenvalue weighted by Crippen LogP contribution is 2.81. The first kappa shape index (κ1) is 25.8. The highest BCUT2D eigenvalue weighted by molar-refractivity contribution is 5.95. The van der Waals surface area contributed by atoms with Crippen molar-refractivity contribution in [3.8, 4) is 0 Å². The van der Waals surface area contributed by atoms with Crippen LogP contribution in [0.5, 0.6) is 0 Å². The number of nitrogens with one attached hydrogen (secondary N) is 2. The summed E-state index contributed by atoms with van der Waals surface area (Å²) in [4.78, 5) is 36.6. The Kier molecular flexibility index (Phi) is 6.19. The number of ether oxygens (including phenoxy) is 1. The maximum atomic E-state index is 13.7. The Bertz CT molecular complexity index is 1140. The molecule has 4 N–H and O–H groups in total. The zero-order valence-corrected chi connectivity index (χ0v) is 22.7. The molecule has 1 aromatic rings. The van der Waals surface area contributed by atoms with Crippen molar-refractivity contribution in [3.05, 3.63) is 23.5 Å². The number of fused-ring (bicyclic) bond motifs is 2. The summed E-state index contributed by atoms with van der Waals surface area (Å²) in [7, 11) is 0. The average molecular weight is 512 g/mol. The minimum absolute atomic E-state index is 0.0325. The van der Waals surface area contributed by atoms with Gasteiger partial charge in [0, 0.05) is 24.6 Å². The van der Waals surface area contributed by atoms with Gasteiger partial charge in [-0.2, -0.15) is 5.10 Å². The zero-order valence-electron chi connectivity index (χ0n) is 22.7. The molecule has 9 nitrogen and oxygen atoms in total. The molecule has 4 aliphatic rings. The highest BCUT2D eigenvalue weighted by atomic mass is 16.5. The second kappa shape index (κ2) is 8.88. The number of nitrogens with two attached hydrogens (primary N) is 1. The molecule has 5 rings (SSSR count). The molecule has 1 heterocycles. The molecule has 4 saturated carbocycles. The first-order valence-corrected chi connectivity index (χ1v) is 13.6. The van der Waals surface area contributed by atoms with Gasteiger partial charge in [0.05, 0.1) is 29.6 Å². The van der Waals surface area contributed by atoms with Gasteiger partial charge in [0.2, 0.25) is 5.91 Å². The Morgan fingerprint density at radius 3 is 2.70 bits per heavy atom. The van der Waals surface area contributed by atoms with E-state index in [0.717, 1.165) is 31.4 Å². The van der Waals surface area contributed by atoms with E-state index in [9.17, 15) is 14.4 Å². The van der Waals surface area contributed by atoms with Crippen molar-refractivity contribution >= 4 is 24.1 Å². The smallest absolute Gasteiger partial charge is 0.404 e. The van der Waals surface area contributed by atoms with Gasteiger partial charge in [0.1, 0.15) is 0 Å². The number of hydrogen-bond acceptors (Lipinski definition) is 5. The van der Waals surface area contributed by atoms with E-state index in [1.165, 1.54) is 13.3 Å². The lowest BCUT2D eigenvalue weighted by atomic mass is 9.46. The normalized spacial score (nSPS) is 33.5. The van der Waals surface area contributed by atoms with E-state index in [1.54, 1.807) is 10.9 Å². The summed E-state index contributed by atoms with van der Waals surface area (Å²) in [5.74, 6) is 1.70. The van der Waals surface area contributed by atoms with E-state index in [1.807, 2.05) is 26.1 Å². The Balaban J connectivity index is 1.34. The maximum Gasteiger partial charge on any atom is 0.404 e. The van der Waals surface area contributed by atoms with Crippen LogP contribution in [0.1, 0.15) is 82.8 Å². The topological polar surface area (TPSA) is 128 Å². The SMILES string of the molecule is CC(=O)NC(C)(C)/C=C/n1ncc(C(=O)NC2C3CC4CC5(C3)C2C[C@@]5(COC(N)=O)C4)c1CC(C)C. The molecule has 5 unspecified atom stereocenters. The number of primary amides is 1. The molecule has 0 saturated heterocycles. The molecule has 1 aromatic heterocycles. The molecule has 9 heteroatoms. The lowest BCUT2D eigenvalue weighted by molar-refractivity contribution is -0.134. The monoisotopic (exact) mass is 511 g/mol. The van der Waals surface area contributed by atoms with Crippen LogP contribution in [0.2, 0.25) is 0 Å². The van der Waals surface area contributed by atoms with Crippen LogP contribution in [0, 0.1) is 34.5 Å². The van der Waals surface area contributed by atoms with Gasteiger partial charge >= 0.3 is 6.09 Å². The van der Waals surface area contributed by atoms with Crippen LogP contribution in [0.25, 0.3) is 6.20 Å². The summed E-state index contributed by atoms with van der Waals surface area (Å²) >= 11 is 0. The fourth-order valence-electron chi connectivity index (χ4n) is 8.51. The summed E-state index contributed by atoms with van der Waals surface area (Å²) in [6.45, 7) is 10.0. The van der Waals surface area contributed by atoms with Crippen LogP contribution in [-0.2, 0) is 16.0 Å². The van der Waals surface area contributed by atoms with Crippen molar-refractivity contribution in [3.63, 3.8) is 0 Å². The summed E-state index contributed by atoms with van der Waals surface area (Å²) < 4.78 is 7.11. The number of carbonyl (C=O) groups is 3. The largest absolute Gasteiger partial charge is 0.449 e. The third-order valence-electron chi connectivity index (χ3n) is 9.58. The van der Waals surface area contributed by atoms with Gasteiger partial charge in [-0.25, -0.2) is 9.48 Å². The zero-order chi connectivity index (χ0) is 26.8. The van der Waals surface area contributed by atoms with Crippen molar-refractivity contribution in [2.45, 2.75) is 84.7 Å². The molecule has 0 aromatic carbocycles. The van der Waals surface area contributed by atoms with Crippen LogP contribution in [-0.4, -0.2) is 45.9 Å². The molecule has 6 atom stereocenters. The molecule has 202 valence electrons. The minimum Gasteiger partial charge on any atom is -0.449 e. The number of nitrogens with zero attached hydrogens (tertiary/aromatic N) is 2. The van der Waals surface area contributed by atoms with Crippen molar-refractivity contribution in [2.75, 3.05) is 6.61 Å². The predicted octanol–water partition coefficient (Wildman–Crippen LogP) is 3.49. The molecular formula is C28H41N5O4. The highest BCUT2D eigenvalue weighted by Gasteiger charge is 2.77. The first-order chi connectivity index (χ1) is 17.3. The van der Waals surface area contributed by atoms with Gasteiger partial charge in [0.15, 0.2) is 0 Å². The summed E-state index contributed by atoms with van der Waals surface area (Å²) in [6.07, 6.45) is 10.9. The average Bonchev–Trinajstić information content (AvgIpc) is 3.30. The lowest BCUT2D eigenvalue weighted by Gasteiger charge is -2.59.